The molecule has 2 heteroatoms. The third kappa shape index (κ3) is 4.00. The van der Waals surface area contributed by atoms with Crippen LogP contribution < -0.4 is 10.2 Å². The van der Waals surface area contributed by atoms with Gasteiger partial charge in [-0.15, -0.1) is 0 Å². The Kier molecular flexibility index (Phi) is 4.54. The molecule has 1 N–H and O–H groups in total. The second-order valence-electron chi connectivity index (χ2n) is 7.70. The fourth-order valence-corrected chi connectivity index (χ4v) is 3.93. The molecule has 1 aliphatic carbocycles. The minimum Gasteiger partial charge on any atom is -0.372 e. The number of hydrogen-bond donors (Lipinski definition) is 1. The maximum atomic E-state index is 3.77. The van der Waals surface area contributed by atoms with Gasteiger partial charge in [0.15, 0.2) is 0 Å². The third-order valence-corrected chi connectivity index (χ3v) is 5.21. The first-order chi connectivity index (χ1) is 10.1. The van der Waals surface area contributed by atoms with Crippen LogP contribution >= 0.6 is 0 Å². The number of hydrogen-bond acceptors (Lipinski definition) is 2. The van der Waals surface area contributed by atoms with E-state index in [1.165, 1.54) is 62.9 Å². The number of anilines is 1. The summed E-state index contributed by atoms with van der Waals surface area (Å²) in [5.74, 6) is 0. The lowest BCUT2D eigenvalue weighted by Crippen LogP contribution is -2.36. The lowest BCUT2D eigenvalue weighted by atomic mass is 9.75. The molecule has 1 atom stereocenters. The summed E-state index contributed by atoms with van der Waals surface area (Å²) in [7, 11) is 0. The van der Waals surface area contributed by atoms with Crippen molar-refractivity contribution < 1.29 is 0 Å². The van der Waals surface area contributed by atoms with E-state index in [2.05, 4.69) is 48.3 Å². The lowest BCUT2D eigenvalue weighted by Gasteiger charge is -2.35. The Morgan fingerprint density at radius 2 is 1.81 bits per heavy atom. The van der Waals surface area contributed by atoms with E-state index in [4.69, 9.17) is 0 Å². The van der Waals surface area contributed by atoms with Crippen LogP contribution in [-0.4, -0.2) is 19.1 Å². The first-order valence-corrected chi connectivity index (χ1v) is 8.70. The molecule has 1 aromatic rings. The minimum absolute atomic E-state index is 0.523. The molecule has 116 valence electrons. The van der Waals surface area contributed by atoms with E-state index in [0.717, 1.165) is 6.54 Å². The van der Waals surface area contributed by atoms with Gasteiger partial charge in [-0.25, -0.2) is 0 Å². The van der Waals surface area contributed by atoms with Gasteiger partial charge < -0.3 is 10.2 Å². The summed E-state index contributed by atoms with van der Waals surface area (Å²) in [4.78, 5) is 2.50. The van der Waals surface area contributed by atoms with Crippen molar-refractivity contribution in [3.8, 4) is 0 Å². The van der Waals surface area contributed by atoms with E-state index >= 15 is 0 Å². The predicted molar refractivity (Wildman–Crippen MR) is 90.8 cm³/mol. The fraction of sp³-hybridized carbons (Fsp3) is 0.684. The van der Waals surface area contributed by atoms with E-state index in [1.807, 2.05) is 0 Å². The molecule has 0 amide bonds. The number of nitrogens with one attached hydrogen (secondary N) is 1. The number of rotatable bonds is 4. The van der Waals surface area contributed by atoms with Gasteiger partial charge in [0, 0.05) is 31.4 Å². The molecule has 0 spiro atoms. The normalized spacial score (nSPS) is 25.2. The Morgan fingerprint density at radius 1 is 1.10 bits per heavy atom. The van der Waals surface area contributed by atoms with Gasteiger partial charge in [-0.1, -0.05) is 32.4 Å². The smallest absolute Gasteiger partial charge is 0.0366 e. The zero-order valence-corrected chi connectivity index (χ0v) is 13.7. The lowest BCUT2D eigenvalue weighted by molar-refractivity contribution is 0.198. The van der Waals surface area contributed by atoms with E-state index in [9.17, 15) is 0 Å². The molecule has 1 aromatic carbocycles. The molecular formula is C19H30N2. The first kappa shape index (κ1) is 14.9. The van der Waals surface area contributed by atoms with Crippen LogP contribution in [0.15, 0.2) is 24.3 Å². The molecule has 21 heavy (non-hydrogen) atoms. The molecule has 2 nitrogen and oxygen atoms in total. The molecule has 2 aliphatic rings. The van der Waals surface area contributed by atoms with Crippen molar-refractivity contribution in [1.29, 1.82) is 0 Å². The molecule has 1 unspecified atom stereocenters. The molecule has 1 heterocycles. The molecule has 0 radical (unpaired) electrons. The highest BCUT2D eigenvalue weighted by atomic mass is 15.1. The summed E-state index contributed by atoms with van der Waals surface area (Å²) in [6.07, 6.45) is 8.12. The molecule has 2 fully saturated rings. The van der Waals surface area contributed by atoms with Gasteiger partial charge >= 0.3 is 0 Å². The van der Waals surface area contributed by atoms with Crippen molar-refractivity contribution >= 4 is 5.69 Å². The molecule has 1 saturated heterocycles. The van der Waals surface area contributed by atoms with Gasteiger partial charge in [-0.2, -0.15) is 0 Å². The monoisotopic (exact) mass is 286 g/mol. The molecule has 0 aromatic heterocycles. The molecule has 1 aliphatic heterocycles. The van der Waals surface area contributed by atoms with Gasteiger partial charge in [0.1, 0.15) is 0 Å². The van der Waals surface area contributed by atoms with Gasteiger partial charge in [0.2, 0.25) is 0 Å². The number of nitrogens with zero attached hydrogens (tertiary/aromatic N) is 1. The Labute approximate surface area is 129 Å². The largest absolute Gasteiger partial charge is 0.372 e. The quantitative estimate of drug-likeness (QED) is 0.885. The van der Waals surface area contributed by atoms with E-state index in [1.54, 1.807) is 0 Å². The van der Waals surface area contributed by atoms with Crippen LogP contribution in [0, 0.1) is 5.41 Å². The fourth-order valence-electron chi connectivity index (χ4n) is 3.93. The molecule has 0 bridgehead atoms. The van der Waals surface area contributed by atoms with Crippen molar-refractivity contribution in [1.82, 2.24) is 5.32 Å². The van der Waals surface area contributed by atoms with Crippen molar-refractivity contribution in [2.75, 3.05) is 18.0 Å². The highest BCUT2D eigenvalue weighted by Gasteiger charge is 2.27. The maximum absolute atomic E-state index is 3.77. The van der Waals surface area contributed by atoms with Crippen molar-refractivity contribution in [3.05, 3.63) is 29.8 Å². The third-order valence-electron chi connectivity index (χ3n) is 5.21. The second kappa shape index (κ2) is 6.39. The average Bonchev–Trinajstić information content (AvgIpc) is 2.99. The van der Waals surface area contributed by atoms with Crippen LogP contribution in [-0.2, 0) is 6.54 Å². The topological polar surface area (TPSA) is 15.3 Å². The summed E-state index contributed by atoms with van der Waals surface area (Å²) in [6.45, 7) is 8.29. The molecule has 3 rings (SSSR count). The maximum Gasteiger partial charge on any atom is 0.0366 e. The summed E-state index contributed by atoms with van der Waals surface area (Å²) < 4.78 is 0. The van der Waals surface area contributed by atoms with Gasteiger partial charge in [0.25, 0.3) is 0 Å². The average molecular weight is 286 g/mol. The van der Waals surface area contributed by atoms with Crippen LogP contribution in [0.1, 0.15) is 57.9 Å². The van der Waals surface area contributed by atoms with Crippen LogP contribution in [0.25, 0.3) is 0 Å². The Balaban J connectivity index is 1.51. The highest BCUT2D eigenvalue weighted by molar-refractivity contribution is 5.48. The van der Waals surface area contributed by atoms with Crippen LogP contribution in [0.4, 0.5) is 5.69 Å². The summed E-state index contributed by atoms with van der Waals surface area (Å²) in [5.41, 5.74) is 3.34. The van der Waals surface area contributed by atoms with Crippen LogP contribution in [0.5, 0.6) is 0 Å². The van der Waals surface area contributed by atoms with Crippen LogP contribution in [0.3, 0.4) is 0 Å². The van der Waals surface area contributed by atoms with E-state index < -0.39 is 0 Å². The Hall–Kier alpha value is -1.02. The zero-order valence-electron chi connectivity index (χ0n) is 13.7. The Bertz CT molecular complexity index is 443. The van der Waals surface area contributed by atoms with Gasteiger partial charge in [-0.05, 0) is 55.2 Å². The predicted octanol–water partition coefficient (Wildman–Crippen LogP) is 4.35. The second-order valence-corrected chi connectivity index (χ2v) is 7.70. The minimum atomic E-state index is 0.523. The molecule has 1 saturated carbocycles. The van der Waals surface area contributed by atoms with Crippen LogP contribution in [0.2, 0.25) is 0 Å². The van der Waals surface area contributed by atoms with Gasteiger partial charge in [-0.3, -0.25) is 0 Å². The summed E-state index contributed by atoms with van der Waals surface area (Å²) in [5, 5.41) is 3.77. The van der Waals surface area contributed by atoms with E-state index in [0.29, 0.717) is 11.5 Å². The standard InChI is InChI=1S/C19H30N2/c1-19(2)11-5-6-17(14-19)20-15-16-7-9-18(10-8-16)21-12-3-4-13-21/h7-10,17,20H,3-6,11-15H2,1-2H3. The SMILES string of the molecule is CC1(C)CCCC(NCc2ccc(N3CCCC3)cc2)C1. The van der Waals surface area contributed by atoms with Crippen molar-refractivity contribution in [3.63, 3.8) is 0 Å². The molecular weight excluding hydrogens is 256 g/mol. The zero-order chi connectivity index (χ0) is 14.7. The highest BCUT2D eigenvalue weighted by Crippen LogP contribution is 2.35. The van der Waals surface area contributed by atoms with E-state index in [-0.39, 0.29) is 0 Å². The summed E-state index contributed by atoms with van der Waals surface area (Å²) in [6, 6.07) is 9.90. The Morgan fingerprint density at radius 3 is 2.48 bits per heavy atom. The van der Waals surface area contributed by atoms with Gasteiger partial charge in [0.05, 0.1) is 0 Å². The van der Waals surface area contributed by atoms with Crippen molar-refractivity contribution in [2.45, 2.75) is 65.0 Å². The van der Waals surface area contributed by atoms with Crippen molar-refractivity contribution in [2.24, 2.45) is 5.41 Å². The summed E-state index contributed by atoms with van der Waals surface area (Å²) >= 11 is 0. The number of benzene rings is 1. The first-order valence-electron chi connectivity index (χ1n) is 8.70.